The van der Waals surface area contributed by atoms with Crippen LogP contribution in [0.5, 0.6) is 0 Å². The molecule has 2 aliphatic rings. The maximum atomic E-state index is 12.9. The summed E-state index contributed by atoms with van der Waals surface area (Å²) < 4.78 is 45.6. The number of imidazole rings is 1. The van der Waals surface area contributed by atoms with Gasteiger partial charge < -0.3 is 9.09 Å². The Bertz CT molecular complexity index is 963. The molecule has 3 heterocycles. The van der Waals surface area contributed by atoms with Crippen LogP contribution in [0.1, 0.15) is 59.4 Å². The molecule has 27 heavy (non-hydrogen) atoms. The van der Waals surface area contributed by atoms with Crippen LogP contribution in [0.4, 0.5) is 13.2 Å². The van der Waals surface area contributed by atoms with Crippen LogP contribution < -0.4 is 0 Å². The number of aryl methyl sites for hydroxylation is 1. The minimum absolute atomic E-state index is 0.0806. The first-order valence-corrected chi connectivity index (χ1v) is 9.00. The lowest BCUT2D eigenvalue weighted by molar-refractivity contribution is -0.141. The number of hydrogen-bond donors (Lipinski definition) is 0. The Labute approximate surface area is 153 Å². The van der Waals surface area contributed by atoms with Gasteiger partial charge in [-0.05, 0) is 24.3 Å². The van der Waals surface area contributed by atoms with Gasteiger partial charge in [-0.1, -0.05) is 35.5 Å². The quantitative estimate of drug-likeness (QED) is 0.686. The highest BCUT2D eigenvalue weighted by atomic mass is 19.4. The zero-order valence-corrected chi connectivity index (χ0v) is 14.4. The smallest absolute Gasteiger partial charge is 0.339 e. The largest absolute Gasteiger partial charge is 0.434 e. The molecule has 1 fully saturated rings. The molecular formula is C19H17F3N4O. The van der Waals surface area contributed by atoms with Crippen molar-refractivity contribution in [1.82, 2.24) is 19.7 Å². The van der Waals surface area contributed by atoms with Crippen molar-refractivity contribution in [1.29, 1.82) is 0 Å². The molecule has 1 aliphatic carbocycles. The number of hydrogen-bond acceptors (Lipinski definition) is 4. The molecule has 0 amide bonds. The van der Waals surface area contributed by atoms with Gasteiger partial charge in [0, 0.05) is 25.1 Å². The highest BCUT2D eigenvalue weighted by Gasteiger charge is 2.43. The Hall–Kier alpha value is -2.64. The summed E-state index contributed by atoms with van der Waals surface area (Å²) in [6.07, 6.45) is -1.23. The summed E-state index contributed by atoms with van der Waals surface area (Å²) in [7, 11) is 0. The lowest BCUT2D eigenvalue weighted by Gasteiger charge is -2.20. The molecule has 0 spiro atoms. The molecular weight excluding hydrogens is 357 g/mol. The molecule has 2 aromatic heterocycles. The average molecular weight is 374 g/mol. The van der Waals surface area contributed by atoms with Gasteiger partial charge in [0.15, 0.2) is 11.5 Å². The van der Waals surface area contributed by atoms with Gasteiger partial charge in [-0.3, -0.25) is 0 Å². The molecule has 0 N–H and O–H groups in total. The Morgan fingerprint density at radius 3 is 2.67 bits per heavy atom. The Morgan fingerprint density at radius 2 is 1.89 bits per heavy atom. The third-order valence-electron chi connectivity index (χ3n) is 5.44. The molecule has 8 heteroatoms. The zero-order valence-electron chi connectivity index (χ0n) is 14.4. The van der Waals surface area contributed by atoms with E-state index < -0.39 is 11.9 Å². The number of rotatable bonds is 3. The average Bonchev–Trinajstić information content (AvgIpc) is 3.10. The van der Waals surface area contributed by atoms with Crippen LogP contribution in [0.2, 0.25) is 0 Å². The van der Waals surface area contributed by atoms with Gasteiger partial charge in [0.25, 0.3) is 0 Å². The second-order valence-corrected chi connectivity index (χ2v) is 7.28. The fraction of sp³-hybridized carbons (Fsp3) is 0.421. The second kappa shape index (κ2) is 5.94. The molecule has 140 valence electrons. The predicted molar refractivity (Wildman–Crippen MR) is 89.1 cm³/mol. The number of halogens is 3. The van der Waals surface area contributed by atoms with Crippen LogP contribution in [0.25, 0.3) is 0 Å². The van der Waals surface area contributed by atoms with Crippen molar-refractivity contribution >= 4 is 0 Å². The van der Waals surface area contributed by atoms with Crippen molar-refractivity contribution in [3.05, 3.63) is 65.3 Å². The zero-order chi connectivity index (χ0) is 18.6. The molecule has 3 atom stereocenters. The summed E-state index contributed by atoms with van der Waals surface area (Å²) in [4.78, 5) is 8.27. The Morgan fingerprint density at radius 1 is 1.07 bits per heavy atom. The summed E-state index contributed by atoms with van der Waals surface area (Å²) in [5.74, 6) is 2.27. The van der Waals surface area contributed by atoms with E-state index in [1.165, 1.54) is 5.56 Å². The van der Waals surface area contributed by atoms with Crippen molar-refractivity contribution in [3.63, 3.8) is 0 Å². The number of aromatic nitrogens is 4. The van der Waals surface area contributed by atoms with Crippen molar-refractivity contribution in [3.8, 4) is 0 Å². The van der Waals surface area contributed by atoms with E-state index in [4.69, 9.17) is 4.52 Å². The minimum atomic E-state index is -4.42. The first kappa shape index (κ1) is 16.5. The summed E-state index contributed by atoms with van der Waals surface area (Å²) >= 11 is 0. The molecule has 0 radical (unpaired) electrons. The van der Waals surface area contributed by atoms with Crippen LogP contribution >= 0.6 is 0 Å². The number of alkyl halides is 3. The van der Waals surface area contributed by atoms with E-state index in [1.807, 2.05) is 18.2 Å². The van der Waals surface area contributed by atoms with Gasteiger partial charge >= 0.3 is 6.18 Å². The fourth-order valence-corrected chi connectivity index (χ4v) is 3.89. The lowest BCUT2D eigenvalue weighted by Crippen LogP contribution is -2.18. The number of nitrogens with zero attached hydrogens (tertiary/aromatic N) is 4. The van der Waals surface area contributed by atoms with E-state index in [9.17, 15) is 13.2 Å². The minimum Gasteiger partial charge on any atom is -0.339 e. The van der Waals surface area contributed by atoms with Gasteiger partial charge in [0.05, 0.1) is 5.92 Å². The second-order valence-electron chi connectivity index (χ2n) is 7.28. The molecule has 5 nitrogen and oxygen atoms in total. The van der Waals surface area contributed by atoms with E-state index in [-0.39, 0.29) is 11.8 Å². The molecule has 0 bridgehead atoms. The summed E-state index contributed by atoms with van der Waals surface area (Å²) in [5.41, 5.74) is 0.433. The molecule has 1 saturated carbocycles. The Balaban J connectivity index is 1.31. The highest BCUT2D eigenvalue weighted by molar-refractivity contribution is 5.31. The first-order chi connectivity index (χ1) is 13.0. The molecule has 3 aromatic rings. The van der Waals surface area contributed by atoms with E-state index in [2.05, 4.69) is 27.3 Å². The number of benzene rings is 1. The van der Waals surface area contributed by atoms with E-state index in [0.29, 0.717) is 42.8 Å². The van der Waals surface area contributed by atoms with Crippen molar-refractivity contribution < 1.29 is 17.7 Å². The number of fused-ring (bicyclic) bond motifs is 1. The van der Waals surface area contributed by atoms with E-state index in [0.717, 1.165) is 12.6 Å². The lowest BCUT2D eigenvalue weighted by atomic mass is 9.99. The van der Waals surface area contributed by atoms with Gasteiger partial charge in [-0.25, -0.2) is 4.98 Å². The molecule has 1 aliphatic heterocycles. The third kappa shape index (κ3) is 3.02. The highest BCUT2D eigenvalue weighted by Crippen LogP contribution is 2.53. The maximum absolute atomic E-state index is 12.9. The van der Waals surface area contributed by atoms with E-state index >= 15 is 0 Å². The van der Waals surface area contributed by atoms with Gasteiger partial charge in [-0.15, -0.1) is 0 Å². The molecule has 0 saturated heterocycles. The third-order valence-corrected chi connectivity index (χ3v) is 5.44. The monoisotopic (exact) mass is 374 g/mol. The fourth-order valence-electron chi connectivity index (χ4n) is 3.89. The van der Waals surface area contributed by atoms with Crippen LogP contribution in [0, 0.1) is 0 Å². The van der Waals surface area contributed by atoms with Crippen molar-refractivity contribution in [2.45, 2.75) is 49.7 Å². The van der Waals surface area contributed by atoms with Crippen LogP contribution in [0.15, 0.2) is 41.1 Å². The van der Waals surface area contributed by atoms with Crippen LogP contribution in [-0.2, 0) is 19.1 Å². The normalized spacial score (nSPS) is 24.6. The van der Waals surface area contributed by atoms with Gasteiger partial charge in [-0.2, -0.15) is 18.2 Å². The van der Waals surface area contributed by atoms with Gasteiger partial charge in [0.2, 0.25) is 5.89 Å². The predicted octanol–water partition coefficient (Wildman–Crippen LogP) is 4.29. The molecule has 5 rings (SSSR count). The standard InChI is InChI=1S/C19H17F3N4O/c20-19(21,22)15-10-26-9-12(6-7-16(26)23-15)18-24-17(25-27-18)14-8-13(14)11-4-2-1-3-5-11/h1-5,10,12-14H,6-9H2/t12?,13-,14+/m0/s1. The van der Waals surface area contributed by atoms with Crippen molar-refractivity contribution in [2.75, 3.05) is 0 Å². The maximum Gasteiger partial charge on any atom is 0.434 e. The van der Waals surface area contributed by atoms with Crippen LogP contribution in [0.3, 0.4) is 0 Å². The van der Waals surface area contributed by atoms with E-state index in [1.54, 1.807) is 4.57 Å². The SMILES string of the molecule is FC(F)(F)c1cn2c(n1)CCC(c1nc([C@@H]3C[C@H]3c3ccccc3)no1)C2. The van der Waals surface area contributed by atoms with Crippen molar-refractivity contribution in [2.24, 2.45) is 0 Å². The Kier molecular flexibility index (Phi) is 3.63. The van der Waals surface area contributed by atoms with Gasteiger partial charge in [0.1, 0.15) is 5.82 Å². The first-order valence-electron chi connectivity index (χ1n) is 9.00. The summed E-state index contributed by atoms with van der Waals surface area (Å²) in [5, 5.41) is 4.14. The summed E-state index contributed by atoms with van der Waals surface area (Å²) in [6, 6.07) is 10.2. The topological polar surface area (TPSA) is 56.7 Å². The molecule has 1 aromatic carbocycles. The summed E-state index contributed by atoms with van der Waals surface area (Å²) in [6.45, 7) is 0.382. The molecule has 1 unspecified atom stereocenters. The van der Waals surface area contributed by atoms with Crippen LogP contribution in [-0.4, -0.2) is 19.7 Å².